The van der Waals surface area contributed by atoms with Gasteiger partial charge >= 0.3 is 0 Å². The van der Waals surface area contributed by atoms with Gasteiger partial charge in [0.05, 0.1) is 32.7 Å². The van der Waals surface area contributed by atoms with E-state index in [2.05, 4.69) is 20.8 Å². The van der Waals surface area contributed by atoms with E-state index in [1.165, 1.54) is 18.9 Å². The summed E-state index contributed by atoms with van der Waals surface area (Å²) in [7, 11) is 4.65. The summed E-state index contributed by atoms with van der Waals surface area (Å²) in [4.78, 5) is 24.7. The van der Waals surface area contributed by atoms with Crippen molar-refractivity contribution in [1.82, 2.24) is 5.32 Å². The molecular formula is C22H24N4O5S. The Morgan fingerprint density at radius 2 is 1.75 bits per heavy atom. The molecule has 1 unspecified atom stereocenters. The van der Waals surface area contributed by atoms with Crippen molar-refractivity contribution < 1.29 is 23.8 Å². The summed E-state index contributed by atoms with van der Waals surface area (Å²) < 4.78 is 15.6. The zero-order valence-corrected chi connectivity index (χ0v) is 19.0. The number of amides is 2. The molecule has 0 aliphatic carbocycles. The molecular weight excluding hydrogens is 432 g/mol. The minimum absolute atomic E-state index is 0.0219. The number of benzene rings is 2. The monoisotopic (exact) mass is 456 g/mol. The lowest BCUT2D eigenvalue weighted by atomic mass is 10.1. The van der Waals surface area contributed by atoms with Gasteiger partial charge in [-0.25, -0.2) is 0 Å². The van der Waals surface area contributed by atoms with Crippen LogP contribution in [0.4, 0.5) is 5.69 Å². The van der Waals surface area contributed by atoms with Crippen molar-refractivity contribution in [3.8, 4) is 17.2 Å². The molecule has 32 heavy (non-hydrogen) atoms. The number of carbonyl (C=O) groups is 2. The van der Waals surface area contributed by atoms with Crippen molar-refractivity contribution in [2.75, 3.05) is 26.6 Å². The van der Waals surface area contributed by atoms with E-state index in [0.29, 0.717) is 28.1 Å². The number of amidine groups is 1. The van der Waals surface area contributed by atoms with Gasteiger partial charge in [-0.05, 0) is 48.9 Å². The number of nitrogens with one attached hydrogen (secondary N) is 2. The van der Waals surface area contributed by atoms with Crippen LogP contribution in [0.2, 0.25) is 0 Å². The van der Waals surface area contributed by atoms with E-state index in [4.69, 9.17) is 14.2 Å². The summed E-state index contributed by atoms with van der Waals surface area (Å²) in [6.07, 6.45) is -0.0219. The summed E-state index contributed by atoms with van der Waals surface area (Å²) in [5.41, 5.74) is 2.06. The molecule has 2 N–H and O–H groups in total. The molecule has 0 bridgehead atoms. The second-order valence-electron chi connectivity index (χ2n) is 6.73. The van der Waals surface area contributed by atoms with Gasteiger partial charge < -0.3 is 24.8 Å². The number of rotatable bonds is 8. The van der Waals surface area contributed by atoms with Crippen LogP contribution in [-0.4, -0.2) is 49.3 Å². The molecule has 2 amide bonds. The third-order valence-electron chi connectivity index (χ3n) is 4.63. The normalized spacial score (nSPS) is 17.1. The van der Waals surface area contributed by atoms with E-state index in [0.717, 1.165) is 11.3 Å². The molecule has 1 saturated heterocycles. The topological polar surface area (TPSA) is 111 Å². The fourth-order valence-corrected chi connectivity index (χ4v) is 3.79. The molecule has 10 heteroatoms. The first-order valence-electron chi connectivity index (χ1n) is 9.69. The van der Waals surface area contributed by atoms with Crippen LogP contribution >= 0.6 is 11.8 Å². The van der Waals surface area contributed by atoms with E-state index in [9.17, 15) is 9.59 Å². The number of hydrogen-bond donors (Lipinski definition) is 2. The van der Waals surface area contributed by atoms with Gasteiger partial charge in [0, 0.05) is 12.5 Å². The lowest BCUT2D eigenvalue weighted by Crippen LogP contribution is -2.28. The van der Waals surface area contributed by atoms with Crippen LogP contribution in [0.25, 0.3) is 0 Å². The quantitative estimate of drug-likeness (QED) is 0.467. The number of hydrogen-bond acceptors (Lipinski definition) is 8. The summed E-state index contributed by atoms with van der Waals surface area (Å²) in [6.45, 7) is 1.82. The zero-order valence-electron chi connectivity index (χ0n) is 18.2. The van der Waals surface area contributed by atoms with Gasteiger partial charge in [-0.3, -0.25) is 9.59 Å². The number of ether oxygens (including phenoxy) is 3. The maximum absolute atomic E-state index is 12.5. The van der Waals surface area contributed by atoms with E-state index in [-0.39, 0.29) is 18.2 Å². The number of nitrogens with zero attached hydrogens (tertiary/aromatic N) is 2. The smallest absolute Gasteiger partial charge is 0.240 e. The molecule has 0 saturated carbocycles. The average molecular weight is 457 g/mol. The highest BCUT2D eigenvalue weighted by atomic mass is 32.2. The van der Waals surface area contributed by atoms with Crippen LogP contribution in [0.1, 0.15) is 18.9 Å². The molecule has 0 spiro atoms. The first kappa shape index (κ1) is 23.1. The summed E-state index contributed by atoms with van der Waals surface area (Å²) in [6, 6.07) is 12.5. The Kier molecular flexibility index (Phi) is 7.72. The molecule has 0 aromatic heterocycles. The molecule has 9 nitrogen and oxygen atoms in total. The number of anilines is 1. The highest BCUT2D eigenvalue weighted by molar-refractivity contribution is 8.15. The van der Waals surface area contributed by atoms with Gasteiger partial charge in [0.2, 0.25) is 11.8 Å². The van der Waals surface area contributed by atoms with Crippen LogP contribution in [0, 0.1) is 0 Å². The van der Waals surface area contributed by atoms with Crippen molar-refractivity contribution >= 4 is 40.1 Å². The van der Waals surface area contributed by atoms with Crippen molar-refractivity contribution in [2.24, 2.45) is 10.2 Å². The van der Waals surface area contributed by atoms with Crippen LogP contribution in [0.15, 0.2) is 52.7 Å². The second-order valence-corrected chi connectivity index (χ2v) is 7.92. The highest BCUT2D eigenvalue weighted by Crippen LogP contribution is 2.30. The van der Waals surface area contributed by atoms with Crippen LogP contribution in [-0.2, 0) is 9.59 Å². The van der Waals surface area contributed by atoms with Gasteiger partial charge in [0.1, 0.15) is 22.5 Å². The van der Waals surface area contributed by atoms with Gasteiger partial charge in [0.15, 0.2) is 5.17 Å². The van der Waals surface area contributed by atoms with Crippen LogP contribution in [0.5, 0.6) is 17.2 Å². The molecule has 1 aliphatic heterocycles. The Balaban J connectivity index is 1.61. The molecule has 2 aromatic rings. The molecule has 1 aliphatic rings. The Bertz CT molecular complexity index is 1050. The van der Waals surface area contributed by atoms with E-state index < -0.39 is 5.25 Å². The Labute approximate surface area is 190 Å². The second kappa shape index (κ2) is 10.7. The first-order valence-corrected chi connectivity index (χ1v) is 10.6. The Morgan fingerprint density at radius 1 is 1.06 bits per heavy atom. The standard InChI is InChI=1S/C22H24N4O5S/c1-13(14-5-7-15(29-2)8-6-14)25-26-22-24-21(28)19(32-22)12-20(27)23-17-10-9-16(30-3)11-18(17)31-4/h5-11,19H,12H2,1-4H3,(H,23,27)(H,24,26,28)/b25-13+. The van der Waals surface area contributed by atoms with Gasteiger partial charge in [-0.1, -0.05) is 11.8 Å². The highest BCUT2D eigenvalue weighted by Gasteiger charge is 2.32. The maximum atomic E-state index is 12.5. The number of carbonyl (C=O) groups excluding carboxylic acids is 2. The average Bonchev–Trinajstić information content (AvgIpc) is 3.16. The summed E-state index contributed by atoms with van der Waals surface area (Å²) in [5.74, 6) is 1.21. The number of thioether (sulfide) groups is 1. The first-order chi connectivity index (χ1) is 15.4. The molecule has 0 radical (unpaired) electrons. The lowest BCUT2D eigenvalue weighted by Gasteiger charge is -2.12. The maximum Gasteiger partial charge on any atom is 0.240 e. The Morgan fingerprint density at radius 3 is 2.41 bits per heavy atom. The third-order valence-corrected chi connectivity index (χ3v) is 5.70. The van der Waals surface area contributed by atoms with Gasteiger partial charge in [-0.15, -0.1) is 5.10 Å². The fourth-order valence-electron chi connectivity index (χ4n) is 2.87. The zero-order chi connectivity index (χ0) is 23.1. The van der Waals surface area contributed by atoms with Crippen molar-refractivity contribution in [3.05, 3.63) is 48.0 Å². The minimum atomic E-state index is -0.602. The predicted molar refractivity (Wildman–Crippen MR) is 125 cm³/mol. The summed E-state index contributed by atoms with van der Waals surface area (Å²) in [5, 5.41) is 13.5. The predicted octanol–water partition coefficient (Wildman–Crippen LogP) is 3.05. The van der Waals surface area contributed by atoms with E-state index in [1.807, 2.05) is 31.2 Å². The molecule has 1 fully saturated rings. The van der Waals surface area contributed by atoms with Gasteiger partial charge in [-0.2, -0.15) is 5.10 Å². The molecule has 3 rings (SSSR count). The van der Waals surface area contributed by atoms with Gasteiger partial charge in [0.25, 0.3) is 0 Å². The van der Waals surface area contributed by atoms with E-state index in [1.54, 1.807) is 32.4 Å². The van der Waals surface area contributed by atoms with Crippen molar-refractivity contribution in [2.45, 2.75) is 18.6 Å². The fraction of sp³-hybridized carbons (Fsp3) is 0.273. The largest absolute Gasteiger partial charge is 0.497 e. The molecule has 1 atom stereocenters. The van der Waals surface area contributed by atoms with Crippen LogP contribution in [0.3, 0.4) is 0 Å². The third kappa shape index (κ3) is 5.79. The van der Waals surface area contributed by atoms with E-state index >= 15 is 0 Å². The van der Waals surface area contributed by atoms with Crippen molar-refractivity contribution in [1.29, 1.82) is 0 Å². The molecule has 2 aromatic carbocycles. The molecule has 168 valence electrons. The number of methoxy groups -OCH3 is 3. The lowest BCUT2D eigenvalue weighted by molar-refractivity contribution is -0.122. The Hall–Kier alpha value is -3.53. The van der Waals surface area contributed by atoms with Crippen molar-refractivity contribution in [3.63, 3.8) is 0 Å². The SMILES string of the molecule is COc1ccc(/C(C)=N/N=C2\NC(=O)C(CC(=O)Nc3ccc(OC)cc3OC)S2)cc1. The van der Waals surface area contributed by atoms with Crippen LogP contribution < -0.4 is 24.8 Å². The molecule has 1 heterocycles. The summed E-state index contributed by atoms with van der Waals surface area (Å²) >= 11 is 1.17. The minimum Gasteiger partial charge on any atom is -0.497 e.